The molecule has 0 unspecified atom stereocenters. The lowest BCUT2D eigenvalue weighted by molar-refractivity contribution is 0.0845. The van der Waals surface area contributed by atoms with Crippen LogP contribution in [-0.4, -0.2) is 28.5 Å². The Balaban J connectivity index is 1.91. The van der Waals surface area contributed by atoms with Crippen LogP contribution in [0.2, 0.25) is 0 Å². The topological polar surface area (TPSA) is 39.1 Å². The highest BCUT2D eigenvalue weighted by molar-refractivity contribution is 5.32. The Hall–Kier alpha value is -1.03. The van der Waals surface area contributed by atoms with Gasteiger partial charge in [-0.15, -0.1) is 0 Å². The molecule has 1 aliphatic carbocycles. The molecule has 0 amide bonds. The molecule has 0 aromatic carbocycles. The molecule has 1 heterocycles. The second-order valence-corrected chi connectivity index (χ2v) is 4.59. The smallest absolute Gasteiger partial charge is 0.163 e. The standard InChI is InChI=1S/C12H21N3O/c1-5-13-10-6-11(7-10)16-12-8(2)14-15(4)9(12)3/h10-11,13H,5-7H2,1-4H3. The van der Waals surface area contributed by atoms with Crippen molar-refractivity contribution in [2.45, 2.75) is 45.8 Å². The Bertz CT molecular complexity index is 367. The molecular formula is C12H21N3O. The second kappa shape index (κ2) is 4.45. The van der Waals surface area contributed by atoms with E-state index < -0.39 is 0 Å². The summed E-state index contributed by atoms with van der Waals surface area (Å²) in [6.45, 7) is 7.24. The summed E-state index contributed by atoms with van der Waals surface area (Å²) in [4.78, 5) is 0. The Morgan fingerprint density at radius 1 is 1.44 bits per heavy atom. The lowest BCUT2D eigenvalue weighted by Gasteiger charge is -2.35. The van der Waals surface area contributed by atoms with E-state index in [4.69, 9.17) is 4.74 Å². The molecule has 0 spiro atoms. The van der Waals surface area contributed by atoms with Crippen LogP contribution in [0.3, 0.4) is 0 Å². The molecule has 1 N–H and O–H groups in total. The van der Waals surface area contributed by atoms with Crippen molar-refractivity contribution in [2.24, 2.45) is 7.05 Å². The molecule has 90 valence electrons. The molecule has 1 fully saturated rings. The quantitative estimate of drug-likeness (QED) is 0.842. The predicted molar refractivity (Wildman–Crippen MR) is 63.8 cm³/mol. The maximum atomic E-state index is 5.99. The van der Waals surface area contributed by atoms with Gasteiger partial charge in [-0.3, -0.25) is 4.68 Å². The third-order valence-electron chi connectivity index (χ3n) is 3.31. The van der Waals surface area contributed by atoms with Gasteiger partial charge in [0.2, 0.25) is 0 Å². The summed E-state index contributed by atoms with van der Waals surface area (Å²) in [5, 5.41) is 7.78. The van der Waals surface area contributed by atoms with Crippen molar-refractivity contribution in [3.8, 4) is 5.75 Å². The maximum absolute atomic E-state index is 5.99. The number of rotatable bonds is 4. The Labute approximate surface area is 97.0 Å². The lowest BCUT2D eigenvalue weighted by Crippen LogP contribution is -2.46. The fourth-order valence-electron chi connectivity index (χ4n) is 2.21. The van der Waals surface area contributed by atoms with Crippen molar-refractivity contribution in [3.63, 3.8) is 0 Å². The monoisotopic (exact) mass is 223 g/mol. The number of nitrogens with zero attached hydrogens (tertiary/aromatic N) is 2. The van der Waals surface area contributed by atoms with Gasteiger partial charge in [0, 0.05) is 13.1 Å². The summed E-state index contributed by atoms with van der Waals surface area (Å²) in [6.07, 6.45) is 2.59. The third kappa shape index (κ3) is 2.07. The van der Waals surface area contributed by atoms with Crippen molar-refractivity contribution >= 4 is 0 Å². The average molecular weight is 223 g/mol. The van der Waals surface area contributed by atoms with E-state index in [1.165, 1.54) is 0 Å². The molecule has 4 heteroatoms. The van der Waals surface area contributed by atoms with Crippen LogP contribution in [0, 0.1) is 13.8 Å². The van der Waals surface area contributed by atoms with Crippen molar-refractivity contribution < 1.29 is 4.74 Å². The van der Waals surface area contributed by atoms with E-state index in [0.29, 0.717) is 12.1 Å². The van der Waals surface area contributed by atoms with Crippen LogP contribution in [0.15, 0.2) is 0 Å². The number of hydrogen-bond donors (Lipinski definition) is 1. The molecule has 1 saturated carbocycles. The largest absolute Gasteiger partial charge is 0.486 e. The van der Waals surface area contributed by atoms with Crippen LogP contribution in [0.1, 0.15) is 31.2 Å². The zero-order chi connectivity index (χ0) is 11.7. The Kier molecular flexibility index (Phi) is 3.19. The van der Waals surface area contributed by atoms with Gasteiger partial charge in [0.15, 0.2) is 5.75 Å². The van der Waals surface area contributed by atoms with Gasteiger partial charge in [0.1, 0.15) is 11.8 Å². The normalized spacial score (nSPS) is 24.2. The van der Waals surface area contributed by atoms with Crippen LogP contribution in [0.25, 0.3) is 0 Å². The van der Waals surface area contributed by atoms with Gasteiger partial charge in [-0.2, -0.15) is 5.10 Å². The van der Waals surface area contributed by atoms with Crippen LogP contribution in [0.4, 0.5) is 0 Å². The van der Waals surface area contributed by atoms with E-state index in [1.54, 1.807) is 0 Å². The third-order valence-corrected chi connectivity index (χ3v) is 3.31. The number of aromatic nitrogens is 2. The van der Waals surface area contributed by atoms with E-state index in [-0.39, 0.29) is 0 Å². The van der Waals surface area contributed by atoms with Gasteiger partial charge in [-0.1, -0.05) is 6.92 Å². The van der Waals surface area contributed by atoms with Gasteiger partial charge in [0.05, 0.1) is 5.69 Å². The van der Waals surface area contributed by atoms with Crippen LogP contribution in [-0.2, 0) is 7.05 Å². The first-order valence-corrected chi connectivity index (χ1v) is 6.02. The van der Waals surface area contributed by atoms with Gasteiger partial charge in [-0.25, -0.2) is 0 Å². The lowest BCUT2D eigenvalue weighted by atomic mass is 9.89. The second-order valence-electron chi connectivity index (χ2n) is 4.59. The van der Waals surface area contributed by atoms with Gasteiger partial charge in [0.25, 0.3) is 0 Å². The average Bonchev–Trinajstić information content (AvgIpc) is 2.41. The Morgan fingerprint density at radius 2 is 2.12 bits per heavy atom. The Morgan fingerprint density at radius 3 is 2.62 bits per heavy atom. The summed E-state index contributed by atoms with van der Waals surface area (Å²) in [6, 6.07) is 0.646. The molecule has 0 atom stereocenters. The van der Waals surface area contributed by atoms with Crippen molar-refractivity contribution in [1.82, 2.24) is 15.1 Å². The molecule has 1 aliphatic rings. The highest BCUT2D eigenvalue weighted by Crippen LogP contribution is 2.29. The molecule has 2 rings (SSSR count). The van der Waals surface area contributed by atoms with Crippen molar-refractivity contribution in [3.05, 3.63) is 11.4 Å². The van der Waals surface area contributed by atoms with Crippen LogP contribution >= 0.6 is 0 Å². The summed E-state index contributed by atoms with van der Waals surface area (Å²) < 4.78 is 7.87. The fourth-order valence-corrected chi connectivity index (χ4v) is 2.21. The minimum Gasteiger partial charge on any atom is -0.486 e. The highest BCUT2D eigenvalue weighted by Gasteiger charge is 2.31. The minimum absolute atomic E-state index is 0.366. The zero-order valence-corrected chi connectivity index (χ0v) is 10.6. The maximum Gasteiger partial charge on any atom is 0.163 e. The summed E-state index contributed by atoms with van der Waals surface area (Å²) >= 11 is 0. The summed E-state index contributed by atoms with van der Waals surface area (Å²) in [5.41, 5.74) is 2.11. The molecule has 4 nitrogen and oxygen atoms in total. The number of ether oxygens (including phenoxy) is 1. The molecule has 1 aromatic rings. The summed E-state index contributed by atoms with van der Waals surface area (Å²) in [5.74, 6) is 0.974. The molecule has 0 radical (unpaired) electrons. The number of nitrogens with one attached hydrogen (secondary N) is 1. The molecular weight excluding hydrogens is 202 g/mol. The first kappa shape index (κ1) is 11.5. The SMILES string of the molecule is CCNC1CC(Oc2c(C)nn(C)c2C)C1. The van der Waals surface area contributed by atoms with Crippen molar-refractivity contribution in [1.29, 1.82) is 0 Å². The van der Waals surface area contributed by atoms with Crippen LogP contribution in [0.5, 0.6) is 5.75 Å². The molecule has 0 aliphatic heterocycles. The van der Waals surface area contributed by atoms with E-state index in [0.717, 1.165) is 36.5 Å². The van der Waals surface area contributed by atoms with Crippen molar-refractivity contribution in [2.75, 3.05) is 6.54 Å². The minimum atomic E-state index is 0.366. The van der Waals surface area contributed by atoms with Gasteiger partial charge < -0.3 is 10.1 Å². The molecule has 1 aromatic heterocycles. The van der Waals surface area contributed by atoms with Gasteiger partial charge >= 0.3 is 0 Å². The predicted octanol–water partition coefficient (Wildman–Crippen LogP) is 1.56. The highest BCUT2D eigenvalue weighted by atomic mass is 16.5. The molecule has 16 heavy (non-hydrogen) atoms. The molecule has 0 saturated heterocycles. The number of hydrogen-bond acceptors (Lipinski definition) is 3. The first-order valence-electron chi connectivity index (χ1n) is 6.02. The number of aryl methyl sites for hydroxylation is 2. The molecule has 0 bridgehead atoms. The van der Waals surface area contributed by atoms with E-state index in [9.17, 15) is 0 Å². The fraction of sp³-hybridized carbons (Fsp3) is 0.750. The summed E-state index contributed by atoms with van der Waals surface area (Å²) in [7, 11) is 1.96. The van der Waals surface area contributed by atoms with E-state index >= 15 is 0 Å². The van der Waals surface area contributed by atoms with E-state index in [2.05, 4.69) is 24.3 Å². The van der Waals surface area contributed by atoms with Gasteiger partial charge in [-0.05, 0) is 33.2 Å². The first-order chi connectivity index (χ1) is 7.61. The van der Waals surface area contributed by atoms with E-state index in [1.807, 2.05) is 18.7 Å². The van der Waals surface area contributed by atoms with Crippen LogP contribution < -0.4 is 10.1 Å². The zero-order valence-electron chi connectivity index (χ0n) is 10.6.